The molecule has 3 aromatic rings. The van der Waals surface area contributed by atoms with Crippen LogP contribution in [-0.2, 0) is 24.8 Å². The fourth-order valence-electron chi connectivity index (χ4n) is 3.45. The zero-order valence-electron chi connectivity index (χ0n) is 19.6. The largest absolute Gasteiger partial charge is 0.324 e. The molecule has 0 spiro atoms. The molecule has 0 unspecified atom stereocenters. The summed E-state index contributed by atoms with van der Waals surface area (Å²) in [5.41, 5.74) is 2.54. The van der Waals surface area contributed by atoms with Crippen LogP contribution in [-0.4, -0.2) is 35.0 Å². The Bertz CT molecular complexity index is 1460. The molecule has 0 aliphatic carbocycles. The van der Waals surface area contributed by atoms with Gasteiger partial charge in [-0.25, -0.2) is 16.8 Å². The topological polar surface area (TPSA) is 113 Å². The third-order valence-corrected chi connectivity index (χ3v) is 8.18. The standard InChI is InChI=1S/C24H26ClN3O5S2/c1-16-9-10-17(2)23(15-16)28(34(4,30)31)18(3)24(29)26-19-11-13-20(14-12-19)35(32,33)27-22-8-6-5-7-21(22)25/h5-15,18,27H,1-4H3,(H,26,29)/t18-/m1/s1. The third-order valence-electron chi connectivity index (χ3n) is 5.24. The minimum atomic E-state index is -3.91. The van der Waals surface area contributed by atoms with Crippen LogP contribution in [0.25, 0.3) is 0 Å². The van der Waals surface area contributed by atoms with Crippen molar-refractivity contribution in [3.63, 3.8) is 0 Å². The number of nitrogens with zero attached hydrogens (tertiary/aromatic N) is 1. The van der Waals surface area contributed by atoms with E-state index < -0.39 is 32.0 Å². The first-order valence-corrected chi connectivity index (χ1v) is 14.3. The average molecular weight is 536 g/mol. The molecule has 0 bridgehead atoms. The number of halogens is 1. The van der Waals surface area contributed by atoms with Crippen molar-refractivity contribution < 1.29 is 21.6 Å². The number of amides is 1. The molecule has 35 heavy (non-hydrogen) atoms. The zero-order chi connectivity index (χ0) is 26.0. The summed E-state index contributed by atoms with van der Waals surface area (Å²) in [6.45, 7) is 5.10. The van der Waals surface area contributed by atoms with E-state index >= 15 is 0 Å². The van der Waals surface area contributed by atoms with Crippen molar-refractivity contribution in [3.05, 3.63) is 82.9 Å². The first kappa shape index (κ1) is 26.5. The summed E-state index contributed by atoms with van der Waals surface area (Å²) < 4.78 is 54.0. The van der Waals surface area contributed by atoms with Crippen molar-refractivity contribution in [2.24, 2.45) is 0 Å². The first-order chi connectivity index (χ1) is 16.3. The predicted molar refractivity (Wildman–Crippen MR) is 140 cm³/mol. The lowest BCUT2D eigenvalue weighted by atomic mass is 10.1. The predicted octanol–water partition coefficient (Wildman–Crippen LogP) is 4.55. The van der Waals surface area contributed by atoms with E-state index in [2.05, 4.69) is 10.0 Å². The van der Waals surface area contributed by atoms with Crippen molar-refractivity contribution in [3.8, 4) is 0 Å². The maximum Gasteiger partial charge on any atom is 0.261 e. The molecule has 0 aromatic heterocycles. The van der Waals surface area contributed by atoms with Crippen molar-refractivity contribution in [1.29, 1.82) is 0 Å². The van der Waals surface area contributed by atoms with Gasteiger partial charge in [-0.05, 0) is 74.4 Å². The number of benzene rings is 3. The van der Waals surface area contributed by atoms with Gasteiger partial charge >= 0.3 is 0 Å². The van der Waals surface area contributed by atoms with Gasteiger partial charge in [-0.3, -0.25) is 13.8 Å². The molecule has 1 amide bonds. The van der Waals surface area contributed by atoms with Gasteiger partial charge in [0.15, 0.2) is 0 Å². The van der Waals surface area contributed by atoms with Crippen LogP contribution in [0.3, 0.4) is 0 Å². The highest BCUT2D eigenvalue weighted by Gasteiger charge is 2.30. The minimum absolute atomic E-state index is 0.0309. The zero-order valence-corrected chi connectivity index (χ0v) is 22.0. The summed E-state index contributed by atoms with van der Waals surface area (Å²) in [5.74, 6) is -0.568. The van der Waals surface area contributed by atoms with Crippen LogP contribution in [0.1, 0.15) is 18.1 Å². The quantitative estimate of drug-likeness (QED) is 0.439. The molecular weight excluding hydrogens is 510 g/mol. The fourth-order valence-corrected chi connectivity index (χ4v) is 5.99. The highest BCUT2D eigenvalue weighted by molar-refractivity contribution is 7.92. The van der Waals surface area contributed by atoms with Gasteiger partial charge in [0, 0.05) is 5.69 Å². The SMILES string of the molecule is Cc1ccc(C)c(N([C@H](C)C(=O)Nc2ccc(S(=O)(=O)Nc3ccccc3Cl)cc2)S(C)(=O)=O)c1. The Hall–Kier alpha value is -3.08. The van der Waals surface area contributed by atoms with E-state index in [0.717, 1.165) is 16.1 Å². The summed E-state index contributed by atoms with van der Waals surface area (Å²) in [5, 5.41) is 2.91. The lowest BCUT2D eigenvalue weighted by Crippen LogP contribution is -2.45. The number of carbonyl (C=O) groups is 1. The Morgan fingerprint density at radius 3 is 2.17 bits per heavy atom. The summed E-state index contributed by atoms with van der Waals surface area (Å²) in [7, 11) is -7.69. The van der Waals surface area contributed by atoms with E-state index in [1.54, 1.807) is 43.3 Å². The second-order valence-electron chi connectivity index (χ2n) is 8.12. The van der Waals surface area contributed by atoms with Gasteiger partial charge < -0.3 is 5.32 Å². The molecule has 8 nitrogen and oxygen atoms in total. The van der Waals surface area contributed by atoms with Crippen LogP contribution in [0.2, 0.25) is 5.02 Å². The monoisotopic (exact) mass is 535 g/mol. The van der Waals surface area contributed by atoms with Gasteiger partial charge in [-0.15, -0.1) is 0 Å². The molecule has 0 saturated carbocycles. The van der Waals surface area contributed by atoms with Crippen molar-refractivity contribution in [2.75, 3.05) is 20.6 Å². The number of para-hydroxylation sites is 1. The molecule has 0 fully saturated rings. The summed E-state index contributed by atoms with van der Waals surface area (Å²) in [6, 6.07) is 16.3. The number of aryl methyl sites for hydroxylation is 2. The molecular formula is C24H26ClN3O5S2. The van der Waals surface area contributed by atoms with E-state index in [4.69, 9.17) is 11.6 Å². The summed E-state index contributed by atoms with van der Waals surface area (Å²) in [4.78, 5) is 12.9. The fraction of sp³-hybridized carbons (Fsp3) is 0.208. The smallest absolute Gasteiger partial charge is 0.261 e. The molecule has 11 heteroatoms. The number of nitrogens with one attached hydrogen (secondary N) is 2. The highest BCUT2D eigenvalue weighted by Crippen LogP contribution is 2.27. The highest BCUT2D eigenvalue weighted by atomic mass is 35.5. The Balaban J connectivity index is 1.80. The van der Waals surface area contributed by atoms with E-state index in [1.165, 1.54) is 31.2 Å². The maximum absolute atomic E-state index is 13.0. The number of rotatable bonds is 8. The number of sulfonamides is 2. The Morgan fingerprint density at radius 2 is 1.57 bits per heavy atom. The number of hydrogen-bond donors (Lipinski definition) is 2. The molecule has 3 rings (SSSR count). The molecule has 0 radical (unpaired) electrons. The number of anilines is 3. The van der Waals surface area contributed by atoms with Crippen LogP contribution in [0.15, 0.2) is 71.6 Å². The maximum atomic E-state index is 13.0. The minimum Gasteiger partial charge on any atom is -0.324 e. The van der Waals surface area contributed by atoms with Crippen molar-refractivity contribution >= 4 is 54.6 Å². The van der Waals surface area contributed by atoms with E-state index in [1.807, 2.05) is 13.0 Å². The number of hydrogen-bond acceptors (Lipinski definition) is 5. The normalized spacial score (nSPS) is 12.6. The average Bonchev–Trinajstić information content (AvgIpc) is 2.77. The van der Waals surface area contributed by atoms with Crippen molar-refractivity contribution in [2.45, 2.75) is 31.7 Å². The lowest BCUT2D eigenvalue weighted by molar-refractivity contribution is -0.116. The number of carbonyl (C=O) groups excluding carboxylic acids is 1. The molecule has 186 valence electrons. The van der Waals surface area contributed by atoms with E-state index in [0.29, 0.717) is 16.9 Å². The first-order valence-electron chi connectivity index (χ1n) is 10.5. The van der Waals surface area contributed by atoms with E-state index in [9.17, 15) is 21.6 Å². The third kappa shape index (κ3) is 6.33. The molecule has 1 atom stereocenters. The molecule has 3 aromatic carbocycles. The second-order valence-corrected chi connectivity index (χ2v) is 12.1. The van der Waals surface area contributed by atoms with Crippen LogP contribution < -0.4 is 14.3 Å². The van der Waals surface area contributed by atoms with E-state index in [-0.39, 0.29) is 15.6 Å². The Kier molecular flexibility index (Phi) is 7.78. The van der Waals surface area contributed by atoms with Gasteiger partial charge in [0.05, 0.1) is 27.5 Å². The van der Waals surface area contributed by atoms with Crippen molar-refractivity contribution in [1.82, 2.24) is 0 Å². The van der Waals surface area contributed by atoms with Gasteiger partial charge in [-0.2, -0.15) is 0 Å². The molecule has 0 aliphatic rings. The van der Waals surface area contributed by atoms with Crippen LogP contribution in [0, 0.1) is 13.8 Å². The van der Waals surface area contributed by atoms with Crippen LogP contribution in [0.4, 0.5) is 17.1 Å². The Labute approximate surface area is 211 Å². The molecule has 2 N–H and O–H groups in total. The van der Waals surface area contributed by atoms with Gasteiger partial charge in [0.1, 0.15) is 6.04 Å². The Morgan fingerprint density at radius 1 is 0.943 bits per heavy atom. The van der Waals surface area contributed by atoms with Gasteiger partial charge in [0.25, 0.3) is 10.0 Å². The molecule has 0 aliphatic heterocycles. The summed E-state index contributed by atoms with van der Waals surface area (Å²) >= 11 is 6.03. The lowest BCUT2D eigenvalue weighted by Gasteiger charge is -2.29. The summed E-state index contributed by atoms with van der Waals surface area (Å²) in [6.07, 6.45) is 1.05. The van der Waals surface area contributed by atoms with Crippen LogP contribution in [0.5, 0.6) is 0 Å². The molecule has 0 heterocycles. The van der Waals surface area contributed by atoms with Gasteiger partial charge in [-0.1, -0.05) is 35.9 Å². The van der Waals surface area contributed by atoms with Gasteiger partial charge in [0.2, 0.25) is 15.9 Å². The second kappa shape index (κ2) is 10.3. The molecule has 0 saturated heterocycles. The van der Waals surface area contributed by atoms with Crippen LogP contribution >= 0.6 is 11.6 Å².